The molecular formula is C17H17ClN2O3S2. The van der Waals surface area contributed by atoms with Crippen molar-refractivity contribution in [2.24, 2.45) is 0 Å². The molecule has 4 N–H and O–H groups in total. The van der Waals surface area contributed by atoms with Crippen LogP contribution in [-0.4, -0.2) is 34.0 Å². The highest BCUT2D eigenvalue weighted by Gasteiger charge is 2.15. The van der Waals surface area contributed by atoms with E-state index in [4.69, 9.17) is 11.6 Å². The molecule has 5 nitrogen and oxygen atoms in total. The van der Waals surface area contributed by atoms with Gasteiger partial charge in [-0.2, -0.15) is 0 Å². The lowest BCUT2D eigenvalue weighted by atomic mass is 10.1. The van der Waals surface area contributed by atoms with Crippen molar-refractivity contribution in [3.63, 3.8) is 0 Å². The molecule has 1 atom stereocenters. The Labute approximate surface area is 157 Å². The molecule has 0 saturated heterocycles. The number of rotatable bonds is 7. The molecule has 0 aliphatic rings. The standard InChI is InChI=1S/C17H17ClN2O3S2/c18-10-1-3-11(4-2-10)24-8-7-19-9-14(22)12-5-6-13(21)15-16(12)25-17(23)20-15/h1-6,14,19,21-22H,7-9H2,(H,20,23)/t14-/m0/s1. The van der Waals surface area contributed by atoms with Crippen molar-refractivity contribution in [2.75, 3.05) is 18.8 Å². The van der Waals surface area contributed by atoms with Crippen LogP contribution in [0.1, 0.15) is 11.7 Å². The molecule has 0 aliphatic heterocycles. The van der Waals surface area contributed by atoms with E-state index in [1.165, 1.54) is 6.07 Å². The minimum Gasteiger partial charge on any atom is -0.506 e. The zero-order chi connectivity index (χ0) is 17.8. The number of aliphatic hydroxyl groups excluding tert-OH is 1. The Bertz CT molecular complexity index is 908. The van der Waals surface area contributed by atoms with Gasteiger partial charge in [-0.05, 0) is 30.3 Å². The number of benzene rings is 2. The lowest BCUT2D eigenvalue weighted by Gasteiger charge is -2.13. The summed E-state index contributed by atoms with van der Waals surface area (Å²) in [6, 6.07) is 10.8. The maximum Gasteiger partial charge on any atom is 0.305 e. The molecule has 0 fully saturated rings. The Balaban J connectivity index is 1.53. The van der Waals surface area contributed by atoms with E-state index in [0.29, 0.717) is 22.3 Å². The molecular weight excluding hydrogens is 380 g/mol. The van der Waals surface area contributed by atoms with Gasteiger partial charge in [0.25, 0.3) is 0 Å². The Morgan fingerprint density at radius 3 is 2.76 bits per heavy atom. The Kier molecular flexibility index (Phi) is 6.03. The van der Waals surface area contributed by atoms with Gasteiger partial charge in [-0.15, -0.1) is 11.8 Å². The number of hydrogen-bond donors (Lipinski definition) is 4. The first-order valence-corrected chi connectivity index (χ1v) is 9.84. The summed E-state index contributed by atoms with van der Waals surface area (Å²) in [7, 11) is 0. The highest BCUT2D eigenvalue weighted by molar-refractivity contribution is 7.99. The van der Waals surface area contributed by atoms with Crippen molar-refractivity contribution in [3.8, 4) is 5.75 Å². The predicted molar refractivity (Wildman–Crippen MR) is 104 cm³/mol. The van der Waals surface area contributed by atoms with Crippen molar-refractivity contribution in [3.05, 3.63) is 56.7 Å². The van der Waals surface area contributed by atoms with Crippen LogP contribution in [0.2, 0.25) is 5.02 Å². The molecule has 3 aromatic rings. The number of halogens is 1. The molecule has 0 saturated carbocycles. The van der Waals surface area contributed by atoms with Gasteiger partial charge in [0.05, 0.1) is 10.8 Å². The summed E-state index contributed by atoms with van der Waals surface area (Å²) in [5, 5.41) is 24.1. The molecule has 0 bridgehead atoms. The zero-order valence-electron chi connectivity index (χ0n) is 13.2. The van der Waals surface area contributed by atoms with Crippen molar-refractivity contribution < 1.29 is 10.2 Å². The smallest absolute Gasteiger partial charge is 0.305 e. The first kappa shape index (κ1) is 18.3. The fraction of sp³-hybridized carbons (Fsp3) is 0.235. The summed E-state index contributed by atoms with van der Waals surface area (Å²) < 4.78 is 0.592. The summed E-state index contributed by atoms with van der Waals surface area (Å²) in [6.07, 6.45) is -0.755. The van der Waals surface area contributed by atoms with Gasteiger partial charge in [0.15, 0.2) is 0 Å². The van der Waals surface area contributed by atoms with Crippen LogP contribution in [0.4, 0.5) is 0 Å². The first-order valence-electron chi connectivity index (χ1n) is 7.66. The number of H-pyrrole nitrogens is 1. The molecule has 1 aromatic heterocycles. The van der Waals surface area contributed by atoms with Gasteiger partial charge in [0, 0.05) is 34.3 Å². The molecule has 3 rings (SSSR count). The number of aromatic hydroxyl groups is 1. The summed E-state index contributed by atoms with van der Waals surface area (Å²) >= 11 is 8.55. The number of aromatic nitrogens is 1. The van der Waals surface area contributed by atoms with Gasteiger partial charge in [0.2, 0.25) is 0 Å². The number of thioether (sulfide) groups is 1. The average Bonchev–Trinajstić information content (AvgIpc) is 2.99. The minimum atomic E-state index is -0.755. The van der Waals surface area contributed by atoms with Gasteiger partial charge in [-0.25, -0.2) is 0 Å². The molecule has 132 valence electrons. The van der Waals surface area contributed by atoms with Crippen molar-refractivity contribution in [2.45, 2.75) is 11.0 Å². The average molecular weight is 397 g/mol. The fourth-order valence-corrected chi connectivity index (χ4v) is 4.28. The second-order valence-corrected chi connectivity index (χ2v) is 8.00. The molecule has 2 aromatic carbocycles. The number of aliphatic hydroxyl groups is 1. The number of hydrogen-bond acceptors (Lipinski definition) is 6. The Morgan fingerprint density at radius 2 is 2.00 bits per heavy atom. The van der Waals surface area contributed by atoms with Crippen LogP contribution >= 0.6 is 34.7 Å². The van der Waals surface area contributed by atoms with Gasteiger partial charge in [0.1, 0.15) is 11.3 Å². The third-order valence-corrected chi connectivity index (χ3v) is 5.84. The Hall–Kier alpha value is -1.51. The largest absolute Gasteiger partial charge is 0.506 e. The second kappa shape index (κ2) is 8.25. The number of thiazole rings is 1. The number of phenols is 1. The van der Waals surface area contributed by atoms with Crippen LogP contribution < -0.4 is 10.2 Å². The maximum absolute atomic E-state index is 11.5. The molecule has 8 heteroatoms. The highest BCUT2D eigenvalue weighted by atomic mass is 35.5. The number of fused-ring (bicyclic) bond motifs is 1. The van der Waals surface area contributed by atoms with Crippen LogP contribution in [0.25, 0.3) is 10.2 Å². The first-order chi connectivity index (χ1) is 12.0. The molecule has 0 amide bonds. The lowest BCUT2D eigenvalue weighted by molar-refractivity contribution is 0.177. The molecule has 0 spiro atoms. The number of aromatic amines is 1. The number of nitrogens with one attached hydrogen (secondary N) is 2. The minimum absolute atomic E-state index is 0.0108. The highest BCUT2D eigenvalue weighted by Crippen LogP contribution is 2.31. The molecule has 1 heterocycles. The molecule has 0 radical (unpaired) electrons. The summed E-state index contributed by atoms with van der Waals surface area (Å²) in [5.74, 6) is 0.869. The van der Waals surface area contributed by atoms with Crippen LogP contribution in [0.5, 0.6) is 5.75 Å². The van der Waals surface area contributed by atoms with E-state index in [1.54, 1.807) is 17.8 Å². The van der Waals surface area contributed by atoms with E-state index in [1.807, 2.05) is 24.3 Å². The van der Waals surface area contributed by atoms with Gasteiger partial charge < -0.3 is 20.5 Å². The monoisotopic (exact) mass is 396 g/mol. The van der Waals surface area contributed by atoms with Crippen LogP contribution in [0.15, 0.2) is 46.1 Å². The quantitative estimate of drug-likeness (QED) is 0.363. The lowest BCUT2D eigenvalue weighted by Crippen LogP contribution is -2.23. The van der Waals surface area contributed by atoms with Crippen LogP contribution in [0.3, 0.4) is 0 Å². The van der Waals surface area contributed by atoms with E-state index in [-0.39, 0.29) is 10.6 Å². The topological polar surface area (TPSA) is 85.4 Å². The van der Waals surface area contributed by atoms with Gasteiger partial charge >= 0.3 is 4.87 Å². The van der Waals surface area contributed by atoms with Crippen LogP contribution in [0, 0.1) is 0 Å². The third-order valence-electron chi connectivity index (χ3n) is 3.65. The summed E-state index contributed by atoms with van der Waals surface area (Å²) in [5.41, 5.74) is 1.01. The van der Waals surface area contributed by atoms with Crippen molar-refractivity contribution in [1.29, 1.82) is 0 Å². The number of phenolic OH excluding ortho intramolecular Hbond substituents is 1. The molecule has 0 unspecified atom stereocenters. The van der Waals surface area contributed by atoms with E-state index >= 15 is 0 Å². The second-order valence-electron chi connectivity index (χ2n) is 5.41. The Morgan fingerprint density at radius 1 is 1.24 bits per heavy atom. The van der Waals surface area contributed by atoms with Crippen molar-refractivity contribution >= 4 is 44.9 Å². The van der Waals surface area contributed by atoms with E-state index in [2.05, 4.69) is 10.3 Å². The predicted octanol–water partition coefficient (Wildman–Crippen LogP) is 3.36. The van der Waals surface area contributed by atoms with E-state index < -0.39 is 6.10 Å². The zero-order valence-corrected chi connectivity index (χ0v) is 15.5. The fourth-order valence-electron chi connectivity index (χ4n) is 2.42. The van der Waals surface area contributed by atoms with Gasteiger partial charge in [-0.3, -0.25) is 4.79 Å². The van der Waals surface area contributed by atoms with Crippen LogP contribution in [-0.2, 0) is 0 Å². The SMILES string of the molecule is O=c1[nH]c2c(O)ccc([C@@H](O)CNCCSc3ccc(Cl)cc3)c2s1. The van der Waals surface area contributed by atoms with E-state index in [9.17, 15) is 15.0 Å². The normalized spacial score (nSPS) is 12.6. The summed E-state index contributed by atoms with van der Waals surface area (Å²) in [4.78, 5) is 15.0. The van der Waals surface area contributed by atoms with Crippen molar-refractivity contribution in [1.82, 2.24) is 10.3 Å². The molecule has 0 aliphatic carbocycles. The summed E-state index contributed by atoms with van der Waals surface area (Å²) in [6.45, 7) is 1.10. The van der Waals surface area contributed by atoms with E-state index in [0.717, 1.165) is 33.6 Å². The maximum atomic E-state index is 11.5. The third kappa shape index (κ3) is 4.56. The van der Waals surface area contributed by atoms with Gasteiger partial charge in [-0.1, -0.05) is 29.0 Å². The molecule has 25 heavy (non-hydrogen) atoms.